The molecule has 0 saturated carbocycles. The van der Waals surface area contributed by atoms with Gasteiger partial charge >= 0.3 is 0 Å². The number of para-hydroxylation sites is 1. The smallest absolute Gasteiger partial charge is 0.264 e. The lowest BCUT2D eigenvalue weighted by atomic mass is 10.1. The molecule has 0 radical (unpaired) electrons. The molecule has 0 aliphatic carbocycles. The second-order valence-electron chi connectivity index (χ2n) is 8.59. The van der Waals surface area contributed by atoms with E-state index < -0.39 is 0 Å². The van der Waals surface area contributed by atoms with E-state index in [-0.39, 0.29) is 5.91 Å². The normalized spacial score (nSPS) is 15.8. The molecule has 1 aromatic heterocycles. The van der Waals surface area contributed by atoms with E-state index in [0.717, 1.165) is 34.4 Å². The van der Waals surface area contributed by atoms with Gasteiger partial charge in [0.1, 0.15) is 5.75 Å². The standard InChI is InChI=1S/C30H23N3O2S/c1-35-25-14-12-24(13-15-25)31-30-32-29(34)28(36-30)17-23-19-33(27-9-5-4-8-26(23)27)18-20-10-11-21-6-2-3-7-22(21)16-20/h2-17,19H,18H2,1H3,(H,31,32,34)/b28-17+. The summed E-state index contributed by atoms with van der Waals surface area (Å²) < 4.78 is 7.44. The summed E-state index contributed by atoms with van der Waals surface area (Å²) in [5.74, 6) is 0.626. The van der Waals surface area contributed by atoms with Crippen LogP contribution in [-0.4, -0.2) is 22.8 Å². The molecular formula is C30H23N3O2S. The van der Waals surface area contributed by atoms with E-state index in [2.05, 4.69) is 75.7 Å². The van der Waals surface area contributed by atoms with Gasteiger partial charge in [0.15, 0.2) is 5.17 Å². The molecule has 1 aliphatic rings. The van der Waals surface area contributed by atoms with Crippen LogP contribution in [0.15, 0.2) is 107 Å². The van der Waals surface area contributed by atoms with Gasteiger partial charge < -0.3 is 14.6 Å². The number of carbonyl (C=O) groups excluding carboxylic acids is 1. The second kappa shape index (κ2) is 9.40. The molecule has 0 unspecified atom stereocenters. The highest BCUT2D eigenvalue weighted by atomic mass is 32.2. The molecule has 5 aromatic rings. The molecule has 1 N–H and O–H groups in total. The Morgan fingerprint density at radius 2 is 1.72 bits per heavy atom. The molecule has 2 heterocycles. The first-order valence-corrected chi connectivity index (χ1v) is 12.5. The lowest BCUT2D eigenvalue weighted by Crippen LogP contribution is -2.19. The van der Waals surface area contributed by atoms with Gasteiger partial charge in [-0.1, -0.05) is 54.6 Å². The molecule has 5 nitrogen and oxygen atoms in total. The molecule has 1 fully saturated rings. The predicted molar refractivity (Wildman–Crippen MR) is 149 cm³/mol. The van der Waals surface area contributed by atoms with Crippen LogP contribution in [0.3, 0.4) is 0 Å². The van der Waals surface area contributed by atoms with Crippen molar-refractivity contribution in [1.29, 1.82) is 0 Å². The van der Waals surface area contributed by atoms with Gasteiger partial charge in [0, 0.05) is 29.2 Å². The molecule has 1 amide bonds. The number of methoxy groups -OCH3 is 1. The number of thioether (sulfide) groups is 1. The number of carbonyl (C=O) groups is 1. The second-order valence-corrected chi connectivity index (χ2v) is 9.62. The van der Waals surface area contributed by atoms with Crippen molar-refractivity contribution in [1.82, 2.24) is 9.88 Å². The van der Waals surface area contributed by atoms with Crippen molar-refractivity contribution in [3.63, 3.8) is 0 Å². The summed E-state index contributed by atoms with van der Waals surface area (Å²) in [6.45, 7) is 0.748. The largest absolute Gasteiger partial charge is 0.497 e. The van der Waals surface area contributed by atoms with Crippen LogP contribution < -0.4 is 10.1 Å². The fourth-order valence-electron chi connectivity index (χ4n) is 4.45. The molecule has 0 bridgehead atoms. The van der Waals surface area contributed by atoms with Crippen LogP contribution in [0, 0.1) is 0 Å². The van der Waals surface area contributed by atoms with E-state index in [1.54, 1.807) is 7.11 Å². The number of hydrogen-bond donors (Lipinski definition) is 1. The summed E-state index contributed by atoms with van der Waals surface area (Å²) in [7, 11) is 1.63. The maximum Gasteiger partial charge on any atom is 0.264 e. The Bertz CT molecular complexity index is 1670. The molecular weight excluding hydrogens is 466 g/mol. The Kier molecular flexibility index (Phi) is 5.79. The van der Waals surface area contributed by atoms with E-state index in [1.807, 2.05) is 42.5 Å². The number of nitrogens with one attached hydrogen (secondary N) is 1. The van der Waals surface area contributed by atoms with Crippen molar-refractivity contribution in [3.8, 4) is 5.75 Å². The number of aliphatic imine (C=N–C) groups is 1. The van der Waals surface area contributed by atoms with E-state index in [4.69, 9.17) is 4.74 Å². The number of nitrogens with zero attached hydrogens (tertiary/aromatic N) is 2. The van der Waals surface area contributed by atoms with Crippen LogP contribution in [0.5, 0.6) is 5.75 Å². The third-order valence-corrected chi connectivity index (χ3v) is 7.14. The summed E-state index contributed by atoms with van der Waals surface area (Å²) >= 11 is 1.35. The van der Waals surface area contributed by atoms with Gasteiger partial charge in [-0.25, -0.2) is 4.99 Å². The fraction of sp³-hybridized carbons (Fsp3) is 0.0667. The zero-order chi connectivity index (χ0) is 24.5. The molecule has 1 saturated heterocycles. The van der Waals surface area contributed by atoms with Crippen molar-refractivity contribution in [2.75, 3.05) is 7.11 Å². The highest BCUT2D eigenvalue weighted by molar-refractivity contribution is 8.18. The minimum Gasteiger partial charge on any atom is -0.497 e. The fourth-order valence-corrected chi connectivity index (χ4v) is 5.28. The predicted octanol–water partition coefficient (Wildman–Crippen LogP) is 6.74. The maximum atomic E-state index is 12.7. The lowest BCUT2D eigenvalue weighted by molar-refractivity contribution is -0.115. The SMILES string of the molecule is COc1ccc(N=C2NC(=O)/C(=C\c3cn(Cc4ccc5ccccc5c4)c4ccccc34)S2)cc1. The van der Waals surface area contributed by atoms with E-state index in [1.165, 1.54) is 28.1 Å². The lowest BCUT2D eigenvalue weighted by Gasteiger charge is -2.07. The molecule has 1 aliphatic heterocycles. The highest BCUT2D eigenvalue weighted by Crippen LogP contribution is 2.32. The van der Waals surface area contributed by atoms with Gasteiger partial charge in [-0.2, -0.15) is 0 Å². The average Bonchev–Trinajstić information content (AvgIpc) is 3.43. The molecule has 6 rings (SSSR count). The maximum absolute atomic E-state index is 12.7. The topological polar surface area (TPSA) is 55.6 Å². The first-order valence-electron chi connectivity index (χ1n) is 11.7. The Morgan fingerprint density at radius 1 is 0.944 bits per heavy atom. The van der Waals surface area contributed by atoms with Crippen molar-refractivity contribution >= 4 is 56.3 Å². The first-order chi connectivity index (χ1) is 17.7. The molecule has 4 aromatic carbocycles. The van der Waals surface area contributed by atoms with Gasteiger partial charge in [0.2, 0.25) is 0 Å². The summed E-state index contributed by atoms with van der Waals surface area (Å²) in [4.78, 5) is 17.9. The number of amides is 1. The number of ether oxygens (including phenoxy) is 1. The van der Waals surface area contributed by atoms with Crippen LogP contribution in [-0.2, 0) is 11.3 Å². The molecule has 36 heavy (non-hydrogen) atoms. The van der Waals surface area contributed by atoms with E-state index in [9.17, 15) is 4.79 Å². The summed E-state index contributed by atoms with van der Waals surface area (Å²) in [5.41, 5.74) is 4.13. The van der Waals surface area contributed by atoms with Crippen LogP contribution in [0.2, 0.25) is 0 Å². The van der Waals surface area contributed by atoms with Crippen molar-refractivity contribution in [2.45, 2.75) is 6.54 Å². The van der Waals surface area contributed by atoms with Gasteiger partial charge in [-0.05, 0) is 70.6 Å². The van der Waals surface area contributed by atoms with Crippen LogP contribution in [0.25, 0.3) is 27.8 Å². The molecule has 0 atom stereocenters. The summed E-state index contributed by atoms with van der Waals surface area (Å²) in [6, 6.07) is 30.7. The van der Waals surface area contributed by atoms with Crippen molar-refractivity contribution in [3.05, 3.63) is 113 Å². The highest BCUT2D eigenvalue weighted by Gasteiger charge is 2.24. The van der Waals surface area contributed by atoms with Crippen LogP contribution in [0.1, 0.15) is 11.1 Å². The summed E-state index contributed by atoms with van der Waals surface area (Å²) in [5, 5.41) is 7.03. The molecule has 176 valence electrons. The quantitative estimate of drug-likeness (QED) is 0.278. The number of benzene rings is 4. The van der Waals surface area contributed by atoms with E-state index >= 15 is 0 Å². The Labute approximate surface area is 213 Å². The Morgan fingerprint density at radius 3 is 2.56 bits per heavy atom. The van der Waals surface area contributed by atoms with Gasteiger partial charge in [0.25, 0.3) is 5.91 Å². The van der Waals surface area contributed by atoms with Gasteiger partial charge in [-0.3, -0.25) is 4.79 Å². The Hall–Kier alpha value is -4.29. The zero-order valence-corrected chi connectivity index (χ0v) is 20.5. The zero-order valence-electron chi connectivity index (χ0n) is 19.6. The number of fused-ring (bicyclic) bond motifs is 2. The first kappa shape index (κ1) is 22.2. The molecule has 0 spiro atoms. The minimum absolute atomic E-state index is 0.140. The monoisotopic (exact) mass is 489 g/mol. The number of amidine groups is 1. The Balaban J connectivity index is 1.31. The number of hydrogen-bond acceptors (Lipinski definition) is 4. The van der Waals surface area contributed by atoms with E-state index in [0.29, 0.717) is 10.1 Å². The number of aromatic nitrogens is 1. The average molecular weight is 490 g/mol. The van der Waals surface area contributed by atoms with Crippen molar-refractivity contribution < 1.29 is 9.53 Å². The third-order valence-electron chi connectivity index (χ3n) is 6.23. The van der Waals surface area contributed by atoms with Crippen molar-refractivity contribution in [2.24, 2.45) is 4.99 Å². The van der Waals surface area contributed by atoms with Crippen LogP contribution in [0.4, 0.5) is 5.69 Å². The molecule has 6 heteroatoms. The number of rotatable bonds is 5. The minimum atomic E-state index is -0.140. The van der Waals surface area contributed by atoms with Gasteiger partial charge in [-0.15, -0.1) is 0 Å². The summed E-state index contributed by atoms with van der Waals surface area (Å²) in [6.07, 6.45) is 4.08. The van der Waals surface area contributed by atoms with Crippen LogP contribution >= 0.6 is 11.8 Å². The third kappa shape index (κ3) is 4.39. The van der Waals surface area contributed by atoms with Gasteiger partial charge in [0.05, 0.1) is 17.7 Å².